The summed E-state index contributed by atoms with van der Waals surface area (Å²) in [6.45, 7) is 3.90. The Morgan fingerprint density at radius 2 is 2.03 bits per heavy atom. The maximum absolute atomic E-state index is 13.6. The number of H-pyrrole nitrogens is 1. The van der Waals surface area contributed by atoms with Crippen LogP contribution in [0.5, 0.6) is 0 Å². The van der Waals surface area contributed by atoms with Crippen molar-refractivity contribution >= 4 is 28.6 Å². The van der Waals surface area contributed by atoms with E-state index in [0.29, 0.717) is 0 Å². The predicted octanol–water partition coefficient (Wildman–Crippen LogP) is 2.97. The maximum Gasteiger partial charge on any atom is 0.319 e. The topological polar surface area (TPSA) is 116 Å². The van der Waals surface area contributed by atoms with E-state index in [0.717, 1.165) is 75.5 Å². The monoisotopic (exact) mass is 467 g/mol. The molecule has 1 amide bonds. The summed E-state index contributed by atoms with van der Waals surface area (Å²) in [5.74, 6) is -0.0405. The van der Waals surface area contributed by atoms with Crippen LogP contribution >= 0.6 is 0 Å². The van der Waals surface area contributed by atoms with Crippen molar-refractivity contribution in [2.24, 2.45) is 5.73 Å². The van der Waals surface area contributed by atoms with Gasteiger partial charge in [0.2, 0.25) is 5.91 Å². The van der Waals surface area contributed by atoms with E-state index in [1.165, 1.54) is 23.8 Å². The number of nitrogen functional groups attached to an aromatic ring is 1. The number of amides is 1. The number of rotatable bonds is 8. The standard InChI is InChI=1S/C26H37N5O3/c1-3-19-20-11-9-17(25(27)28)15-22(20)29-21(19)12-10-18-7-6-14-31(18)26(33)23-8-4-5-13-30(23)16-24(32)34-2/h9,11,15,18,23,29H,3-8,10,12-14,16H2,1-2H3,(H3,27,28)/t18-,23?/m0/s1. The zero-order chi connectivity index (χ0) is 24.2. The number of aryl methyl sites for hydroxylation is 2. The summed E-state index contributed by atoms with van der Waals surface area (Å²) < 4.78 is 4.85. The molecular weight excluding hydrogens is 430 g/mol. The Morgan fingerprint density at radius 3 is 2.76 bits per heavy atom. The predicted molar refractivity (Wildman–Crippen MR) is 133 cm³/mol. The number of nitrogens with zero attached hydrogens (tertiary/aromatic N) is 2. The largest absolute Gasteiger partial charge is 0.468 e. The fourth-order valence-electron chi connectivity index (χ4n) is 5.71. The van der Waals surface area contributed by atoms with Gasteiger partial charge in [0.1, 0.15) is 5.84 Å². The van der Waals surface area contributed by atoms with Crippen LogP contribution in [0, 0.1) is 5.41 Å². The summed E-state index contributed by atoms with van der Waals surface area (Å²) >= 11 is 0. The van der Waals surface area contributed by atoms with Gasteiger partial charge < -0.3 is 20.4 Å². The smallest absolute Gasteiger partial charge is 0.319 e. The van der Waals surface area contributed by atoms with E-state index in [-0.39, 0.29) is 36.3 Å². The van der Waals surface area contributed by atoms with Gasteiger partial charge in [0.05, 0.1) is 19.7 Å². The molecule has 3 heterocycles. The van der Waals surface area contributed by atoms with Crippen LogP contribution in [-0.4, -0.2) is 71.3 Å². The number of carbonyl (C=O) groups excluding carboxylic acids is 2. The van der Waals surface area contributed by atoms with Crippen molar-refractivity contribution in [3.8, 4) is 0 Å². The highest BCUT2D eigenvalue weighted by Crippen LogP contribution is 2.29. The van der Waals surface area contributed by atoms with Crippen molar-refractivity contribution in [2.45, 2.75) is 70.4 Å². The minimum absolute atomic E-state index is 0.0696. The molecule has 2 fully saturated rings. The molecule has 1 aromatic carbocycles. The number of piperidine rings is 1. The molecule has 0 bridgehead atoms. The molecule has 1 aromatic heterocycles. The van der Waals surface area contributed by atoms with Gasteiger partial charge in [-0.1, -0.05) is 25.5 Å². The van der Waals surface area contributed by atoms with Crippen LogP contribution in [-0.2, 0) is 27.2 Å². The zero-order valence-electron chi connectivity index (χ0n) is 20.4. The van der Waals surface area contributed by atoms with Crippen molar-refractivity contribution in [1.82, 2.24) is 14.8 Å². The zero-order valence-corrected chi connectivity index (χ0v) is 20.4. The SMILES string of the molecule is CCc1c(CC[C@@H]2CCCN2C(=O)C2CCCCN2CC(=O)OC)[nH]c2cc(C(=N)N)ccc12. The molecule has 8 heteroatoms. The first-order valence-electron chi connectivity index (χ1n) is 12.5. The van der Waals surface area contributed by atoms with Gasteiger partial charge in [-0.25, -0.2) is 0 Å². The first kappa shape index (κ1) is 24.3. The Morgan fingerprint density at radius 1 is 1.21 bits per heavy atom. The van der Waals surface area contributed by atoms with E-state index in [1.807, 2.05) is 17.0 Å². The van der Waals surface area contributed by atoms with E-state index >= 15 is 0 Å². The molecule has 4 N–H and O–H groups in total. The Bertz CT molecular complexity index is 1060. The van der Waals surface area contributed by atoms with Crippen LogP contribution in [0.1, 0.15) is 62.3 Å². The molecule has 34 heavy (non-hydrogen) atoms. The van der Waals surface area contributed by atoms with Crippen molar-refractivity contribution in [1.29, 1.82) is 5.41 Å². The summed E-state index contributed by atoms with van der Waals surface area (Å²) in [4.78, 5) is 33.1. The van der Waals surface area contributed by atoms with Crippen LogP contribution in [0.2, 0.25) is 0 Å². The molecule has 4 rings (SSSR count). The normalized spacial score (nSPS) is 21.2. The molecular formula is C26H37N5O3. The number of aromatic amines is 1. The summed E-state index contributed by atoms with van der Waals surface area (Å²) in [7, 11) is 1.40. The van der Waals surface area contributed by atoms with Gasteiger partial charge in [-0.2, -0.15) is 0 Å². The molecule has 2 atom stereocenters. The van der Waals surface area contributed by atoms with Crippen molar-refractivity contribution < 1.29 is 14.3 Å². The van der Waals surface area contributed by atoms with E-state index in [9.17, 15) is 9.59 Å². The van der Waals surface area contributed by atoms with E-state index in [1.54, 1.807) is 0 Å². The lowest BCUT2D eigenvalue weighted by Gasteiger charge is -2.37. The molecule has 2 aromatic rings. The molecule has 2 aliphatic heterocycles. The maximum atomic E-state index is 13.6. The van der Waals surface area contributed by atoms with Gasteiger partial charge in [0, 0.05) is 34.7 Å². The Labute approximate surface area is 201 Å². The molecule has 8 nitrogen and oxygen atoms in total. The number of nitrogens with one attached hydrogen (secondary N) is 2. The third-order valence-corrected chi connectivity index (χ3v) is 7.51. The number of amidine groups is 1. The van der Waals surface area contributed by atoms with Crippen LogP contribution in [0.25, 0.3) is 10.9 Å². The van der Waals surface area contributed by atoms with Crippen molar-refractivity contribution in [2.75, 3.05) is 26.7 Å². The average Bonchev–Trinajstić information content (AvgIpc) is 3.45. The van der Waals surface area contributed by atoms with Crippen molar-refractivity contribution in [3.05, 3.63) is 35.0 Å². The lowest BCUT2D eigenvalue weighted by Crippen LogP contribution is -2.53. The number of hydrogen-bond acceptors (Lipinski definition) is 5. The van der Waals surface area contributed by atoms with Gasteiger partial charge in [0.15, 0.2) is 0 Å². The number of fused-ring (bicyclic) bond motifs is 1. The highest BCUT2D eigenvalue weighted by molar-refractivity contribution is 5.99. The lowest BCUT2D eigenvalue weighted by atomic mass is 9.99. The highest BCUT2D eigenvalue weighted by Gasteiger charge is 2.37. The fourth-order valence-corrected chi connectivity index (χ4v) is 5.71. The molecule has 184 valence electrons. The quantitative estimate of drug-likeness (QED) is 0.314. The Kier molecular flexibility index (Phi) is 7.56. The first-order valence-corrected chi connectivity index (χ1v) is 12.5. The summed E-state index contributed by atoms with van der Waals surface area (Å²) in [6, 6.07) is 5.90. The molecule has 2 aliphatic rings. The lowest BCUT2D eigenvalue weighted by molar-refractivity contribution is -0.146. The number of ether oxygens (including phenoxy) is 1. The molecule has 0 aliphatic carbocycles. The molecule has 2 saturated heterocycles. The highest BCUT2D eigenvalue weighted by atomic mass is 16.5. The van der Waals surface area contributed by atoms with Crippen LogP contribution in [0.4, 0.5) is 0 Å². The fraction of sp³-hybridized carbons (Fsp3) is 0.577. The molecule has 0 saturated carbocycles. The molecule has 1 unspecified atom stereocenters. The second kappa shape index (κ2) is 10.6. The third kappa shape index (κ3) is 4.97. The Balaban J connectivity index is 1.46. The number of hydrogen-bond donors (Lipinski definition) is 3. The number of methoxy groups -OCH3 is 1. The number of likely N-dealkylation sites (tertiary alicyclic amines) is 2. The minimum atomic E-state index is -0.281. The molecule has 0 radical (unpaired) electrons. The van der Waals surface area contributed by atoms with Crippen molar-refractivity contribution in [3.63, 3.8) is 0 Å². The third-order valence-electron chi connectivity index (χ3n) is 7.51. The average molecular weight is 468 g/mol. The number of benzene rings is 1. The van der Waals surface area contributed by atoms with Crippen LogP contribution in [0.15, 0.2) is 18.2 Å². The number of esters is 1. The second-order valence-corrected chi connectivity index (χ2v) is 9.53. The second-order valence-electron chi connectivity index (χ2n) is 9.53. The summed E-state index contributed by atoms with van der Waals surface area (Å²) in [5, 5.41) is 8.90. The van der Waals surface area contributed by atoms with E-state index in [2.05, 4.69) is 22.9 Å². The van der Waals surface area contributed by atoms with Gasteiger partial charge in [-0.15, -0.1) is 0 Å². The van der Waals surface area contributed by atoms with E-state index < -0.39 is 0 Å². The first-order chi connectivity index (χ1) is 16.4. The number of nitrogens with two attached hydrogens (primary N) is 1. The van der Waals surface area contributed by atoms with E-state index in [4.69, 9.17) is 15.9 Å². The molecule has 0 spiro atoms. The van der Waals surface area contributed by atoms with Gasteiger partial charge in [-0.3, -0.25) is 19.9 Å². The number of carbonyl (C=O) groups is 2. The summed E-state index contributed by atoms with van der Waals surface area (Å²) in [5.41, 5.74) is 9.92. The minimum Gasteiger partial charge on any atom is -0.468 e. The van der Waals surface area contributed by atoms with Gasteiger partial charge >= 0.3 is 5.97 Å². The Hall–Kier alpha value is -2.87. The number of aromatic nitrogens is 1. The van der Waals surface area contributed by atoms with Crippen LogP contribution < -0.4 is 5.73 Å². The van der Waals surface area contributed by atoms with Crippen LogP contribution in [0.3, 0.4) is 0 Å². The van der Waals surface area contributed by atoms with Gasteiger partial charge in [0.25, 0.3) is 0 Å². The summed E-state index contributed by atoms with van der Waals surface area (Å²) in [6.07, 6.45) is 7.58. The van der Waals surface area contributed by atoms with Gasteiger partial charge in [-0.05, 0) is 63.1 Å².